The van der Waals surface area contributed by atoms with Gasteiger partial charge in [-0.05, 0) is 53.7 Å². The minimum atomic E-state index is 0.602. The lowest BCUT2D eigenvalue weighted by Crippen LogP contribution is -2.01. The molecule has 24 heavy (non-hydrogen) atoms. The van der Waals surface area contributed by atoms with Gasteiger partial charge in [-0.15, -0.1) is 5.10 Å². The fourth-order valence-electron chi connectivity index (χ4n) is 2.56. The first kappa shape index (κ1) is 14.3. The van der Waals surface area contributed by atoms with Crippen LogP contribution in [0, 0.1) is 0 Å². The molecule has 118 valence electrons. The van der Waals surface area contributed by atoms with Crippen molar-refractivity contribution in [1.29, 1.82) is 0 Å². The number of para-hydroxylation sites is 1. The smallest absolute Gasteiger partial charge is 0.205 e. The van der Waals surface area contributed by atoms with E-state index in [9.17, 15) is 0 Å². The number of nitrogens with zero attached hydrogens (tertiary/aromatic N) is 5. The van der Waals surface area contributed by atoms with Crippen molar-refractivity contribution in [1.82, 2.24) is 25.2 Å². The van der Waals surface area contributed by atoms with Gasteiger partial charge in [0.25, 0.3) is 0 Å². The van der Waals surface area contributed by atoms with Crippen molar-refractivity contribution in [3.05, 3.63) is 60.7 Å². The van der Waals surface area contributed by atoms with Crippen LogP contribution in [0.5, 0.6) is 5.75 Å². The molecule has 6 heteroatoms. The van der Waals surface area contributed by atoms with Gasteiger partial charge in [0, 0.05) is 5.39 Å². The normalized spacial score (nSPS) is 10.9. The van der Waals surface area contributed by atoms with Crippen molar-refractivity contribution in [3.63, 3.8) is 0 Å². The first-order valence-corrected chi connectivity index (χ1v) is 7.73. The lowest BCUT2D eigenvalue weighted by molar-refractivity contribution is 0.340. The molecule has 0 amide bonds. The number of tetrazole rings is 1. The van der Waals surface area contributed by atoms with E-state index < -0.39 is 0 Å². The Kier molecular flexibility index (Phi) is 3.63. The third-order valence-corrected chi connectivity index (χ3v) is 3.69. The Hall–Kier alpha value is -3.28. The molecular formula is C18H15N5O. The van der Waals surface area contributed by atoms with Crippen LogP contribution in [0.4, 0.5) is 0 Å². The highest BCUT2D eigenvalue weighted by Gasteiger charge is 2.12. The topological polar surface area (TPSA) is 65.7 Å². The highest BCUT2D eigenvalue weighted by Crippen LogP contribution is 2.22. The number of ether oxygens (including phenoxy) is 1. The van der Waals surface area contributed by atoms with Crippen LogP contribution in [-0.2, 0) is 0 Å². The van der Waals surface area contributed by atoms with Crippen LogP contribution in [0.3, 0.4) is 0 Å². The molecule has 6 nitrogen and oxygen atoms in total. The highest BCUT2D eigenvalue weighted by molar-refractivity contribution is 5.80. The van der Waals surface area contributed by atoms with Gasteiger partial charge in [0.05, 0.1) is 17.8 Å². The molecular weight excluding hydrogens is 302 g/mol. The summed E-state index contributed by atoms with van der Waals surface area (Å²) in [5, 5.41) is 13.1. The zero-order valence-corrected chi connectivity index (χ0v) is 13.1. The van der Waals surface area contributed by atoms with E-state index in [4.69, 9.17) is 4.74 Å². The van der Waals surface area contributed by atoms with Crippen LogP contribution in [0.25, 0.3) is 28.1 Å². The molecule has 4 aromatic rings. The number of rotatable bonds is 4. The zero-order chi connectivity index (χ0) is 16.4. The summed E-state index contributed by atoms with van der Waals surface area (Å²) >= 11 is 0. The van der Waals surface area contributed by atoms with Crippen LogP contribution in [-0.4, -0.2) is 31.8 Å². The van der Waals surface area contributed by atoms with Crippen LogP contribution < -0.4 is 4.74 Å². The van der Waals surface area contributed by atoms with Crippen LogP contribution in [0.15, 0.2) is 60.7 Å². The lowest BCUT2D eigenvalue weighted by atomic mass is 10.2. The van der Waals surface area contributed by atoms with Gasteiger partial charge in [-0.25, -0.2) is 4.98 Å². The van der Waals surface area contributed by atoms with Crippen molar-refractivity contribution in [2.75, 3.05) is 6.61 Å². The molecule has 0 bridgehead atoms. The second-order valence-electron chi connectivity index (χ2n) is 5.23. The van der Waals surface area contributed by atoms with Gasteiger partial charge in [0.15, 0.2) is 0 Å². The predicted molar refractivity (Wildman–Crippen MR) is 91.1 cm³/mol. The Morgan fingerprint density at radius 3 is 2.62 bits per heavy atom. The Balaban J connectivity index is 1.75. The van der Waals surface area contributed by atoms with Gasteiger partial charge in [-0.1, -0.05) is 24.3 Å². The molecule has 4 rings (SSSR count). The maximum atomic E-state index is 5.47. The predicted octanol–water partition coefficient (Wildman–Crippen LogP) is 3.28. The number of aromatic nitrogens is 5. The fourth-order valence-corrected chi connectivity index (χ4v) is 2.56. The molecule has 0 fully saturated rings. The SMILES string of the molecule is CCOc1ccc(-n2nnnc2-c2ccc3ccccc3n2)cc1. The fraction of sp³-hybridized carbons (Fsp3) is 0.111. The number of pyridine rings is 1. The number of fused-ring (bicyclic) bond motifs is 1. The van der Waals surface area contributed by atoms with Crippen molar-refractivity contribution in [2.24, 2.45) is 0 Å². The highest BCUT2D eigenvalue weighted by atomic mass is 16.5. The zero-order valence-electron chi connectivity index (χ0n) is 13.1. The quantitative estimate of drug-likeness (QED) is 0.578. The van der Waals surface area contributed by atoms with Crippen LogP contribution >= 0.6 is 0 Å². The molecule has 0 saturated carbocycles. The Labute approximate surface area is 138 Å². The van der Waals surface area contributed by atoms with E-state index in [1.807, 2.05) is 67.6 Å². The van der Waals surface area contributed by atoms with Crippen molar-refractivity contribution < 1.29 is 4.74 Å². The van der Waals surface area contributed by atoms with E-state index in [-0.39, 0.29) is 0 Å². The second-order valence-corrected chi connectivity index (χ2v) is 5.23. The van der Waals surface area contributed by atoms with Gasteiger partial charge < -0.3 is 4.74 Å². The summed E-state index contributed by atoms with van der Waals surface area (Å²) in [5.74, 6) is 1.42. The summed E-state index contributed by atoms with van der Waals surface area (Å²) < 4.78 is 7.14. The summed E-state index contributed by atoms with van der Waals surface area (Å²) in [6.45, 7) is 2.59. The molecule has 0 aliphatic heterocycles. The average Bonchev–Trinajstić information content (AvgIpc) is 3.12. The molecule has 0 aliphatic carbocycles. The molecule has 0 spiro atoms. The van der Waals surface area contributed by atoms with Crippen molar-refractivity contribution in [3.8, 4) is 23.0 Å². The summed E-state index contributed by atoms with van der Waals surface area (Å²) in [7, 11) is 0. The van der Waals surface area contributed by atoms with Crippen molar-refractivity contribution >= 4 is 10.9 Å². The summed E-state index contributed by atoms with van der Waals surface area (Å²) in [6.07, 6.45) is 0. The largest absolute Gasteiger partial charge is 0.494 e. The molecule has 2 aromatic carbocycles. The maximum Gasteiger partial charge on any atom is 0.205 e. The molecule has 0 aliphatic rings. The monoisotopic (exact) mass is 317 g/mol. The van der Waals surface area contributed by atoms with Gasteiger partial charge in [0.2, 0.25) is 5.82 Å². The molecule has 2 aromatic heterocycles. The first-order chi connectivity index (χ1) is 11.8. The van der Waals surface area contributed by atoms with Gasteiger partial charge >= 0.3 is 0 Å². The van der Waals surface area contributed by atoms with Crippen molar-refractivity contribution in [2.45, 2.75) is 6.92 Å². The third-order valence-electron chi connectivity index (χ3n) is 3.69. The van der Waals surface area contributed by atoms with E-state index in [0.29, 0.717) is 12.4 Å². The van der Waals surface area contributed by atoms with E-state index in [1.54, 1.807) is 4.68 Å². The van der Waals surface area contributed by atoms with Gasteiger partial charge in [0.1, 0.15) is 11.4 Å². The summed E-state index contributed by atoms with van der Waals surface area (Å²) in [4.78, 5) is 4.66. The number of hydrogen-bond acceptors (Lipinski definition) is 5. The van der Waals surface area contributed by atoms with E-state index in [0.717, 1.165) is 28.0 Å². The molecule has 0 saturated heterocycles. The van der Waals surface area contributed by atoms with E-state index in [2.05, 4.69) is 20.5 Å². The lowest BCUT2D eigenvalue weighted by Gasteiger charge is -2.07. The second kappa shape index (κ2) is 6.08. The molecule has 0 radical (unpaired) electrons. The minimum absolute atomic E-state index is 0.602. The number of benzene rings is 2. The minimum Gasteiger partial charge on any atom is -0.494 e. The van der Waals surface area contributed by atoms with Crippen LogP contribution in [0.2, 0.25) is 0 Å². The van der Waals surface area contributed by atoms with Gasteiger partial charge in [-0.3, -0.25) is 0 Å². The number of hydrogen-bond donors (Lipinski definition) is 0. The van der Waals surface area contributed by atoms with Crippen LogP contribution in [0.1, 0.15) is 6.92 Å². The Morgan fingerprint density at radius 2 is 1.79 bits per heavy atom. The third kappa shape index (κ3) is 2.58. The standard InChI is InChI=1S/C18H15N5O/c1-2-24-15-10-8-14(9-11-15)23-18(20-21-22-23)17-12-7-13-5-3-4-6-16(13)19-17/h3-12H,2H2,1H3. The summed E-state index contributed by atoms with van der Waals surface area (Å²) in [5.41, 5.74) is 2.50. The van der Waals surface area contributed by atoms with E-state index >= 15 is 0 Å². The Morgan fingerprint density at radius 1 is 0.958 bits per heavy atom. The molecule has 0 atom stereocenters. The Bertz CT molecular complexity index is 978. The maximum absolute atomic E-state index is 5.47. The summed E-state index contributed by atoms with van der Waals surface area (Å²) in [6, 6.07) is 19.6. The van der Waals surface area contributed by atoms with Gasteiger partial charge in [-0.2, -0.15) is 4.68 Å². The molecule has 2 heterocycles. The molecule has 0 unspecified atom stereocenters. The van der Waals surface area contributed by atoms with E-state index in [1.165, 1.54) is 0 Å². The first-order valence-electron chi connectivity index (χ1n) is 7.73. The molecule has 0 N–H and O–H groups in total. The average molecular weight is 317 g/mol.